The summed E-state index contributed by atoms with van der Waals surface area (Å²) in [6.45, 7) is 4.46. The van der Waals surface area contributed by atoms with Gasteiger partial charge in [-0.3, -0.25) is 4.79 Å². The van der Waals surface area contributed by atoms with Crippen LogP contribution in [0.25, 0.3) is 0 Å². The Morgan fingerprint density at radius 2 is 2.14 bits per heavy atom. The maximum absolute atomic E-state index is 11.6. The van der Waals surface area contributed by atoms with Crippen molar-refractivity contribution in [3.63, 3.8) is 0 Å². The lowest BCUT2D eigenvalue weighted by atomic mass is 9.76. The van der Waals surface area contributed by atoms with Crippen LogP contribution in [0.3, 0.4) is 0 Å². The number of ether oxygens (including phenoxy) is 1. The molecule has 0 heterocycles. The number of carbonyl (C=O) groups excluding carboxylic acids is 1. The molecule has 0 aromatic rings. The molecule has 0 amide bonds. The van der Waals surface area contributed by atoms with Gasteiger partial charge in [0.15, 0.2) is 0 Å². The predicted molar refractivity (Wildman–Crippen MR) is 55.7 cm³/mol. The molecule has 0 aromatic heterocycles. The maximum Gasteiger partial charge on any atom is 0.309 e. The smallest absolute Gasteiger partial charge is 0.309 e. The van der Waals surface area contributed by atoms with Crippen LogP contribution in [0, 0.1) is 11.8 Å². The van der Waals surface area contributed by atoms with E-state index in [1.165, 1.54) is 0 Å². The molecule has 82 valence electrons. The first-order valence-corrected chi connectivity index (χ1v) is 5.61. The van der Waals surface area contributed by atoms with Crippen LogP contribution in [0.2, 0.25) is 0 Å². The zero-order chi connectivity index (χ0) is 10.6. The standard InChI is InChI=1S/C11H21NO2/c1-3-8-7-9(12)5-6-10(8)11(13)14-4-2/h8-10H,3-7,12H2,1-2H3/t8-,9-,10+/m0/s1. The number of hydrogen-bond acceptors (Lipinski definition) is 3. The van der Waals surface area contributed by atoms with Crippen molar-refractivity contribution in [1.29, 1.82) is 0 Å². The van der Waals surface area contributed by atoms with Gasteiger partial charge in [0.05, 0.1) is 12.5 Å². The largest absolute Gasteiger partial charge is 0.466 e. The summed E-state index contributed by atoms with van der Waals surface area (Å²) in [4.78, 5) is 11.6. The third-order valence-electron chi connectivity index (χ3n) is 3.14. The third kappa shape index (κ3) is 2.71. The first-order chi connectivity index (χ1) is 6.69. The van der Waals surface area contributed by atoms with Crippen LogP contribution < -0.4 is 5.73 Å². The highest BCUT2D eigenvalue weighted by molar-refractivity contribution is 5.72. The second-order valence-electron chi connectivity index (χ2n) is 4.10. The molecule has 1 aliphatic rings. The summed E-state index contributed by atoms with van der Waals surface area (Å²) in [5, 5.41) is 0. The predicted octanol–water partition coefficient (Wildman–Crippen LogP) is 1.70. The molecule has 0 spiro atoms. The highest BCUT2D eigenvalue weighted by atomic mass is 16.5. The Labute approximate surface area is 86.0 Å². The third-order valence-corrected chi connectivity index (χ3v) is 3.14. The molecule has 0 aromatic carbocycles. The van der Waals surface area contributed by atoms with Gasteiger partial charge in [-0.25, -0.2) is 0 Å². The molecular formula is C11H21NO2. The summed E-state index contributed by atoms with van der Waals surface area (Å²) in [5.74, 6) is 0.504. The highest BCUT2D eigenvalue weighted by Gasteiger charge is 2.33. The van der Waals surface area contributed by atoms with E-state index >= 15 is 0 Å². The van der Waals surface area contributed by atoms with Gasteiger partial charge in [-0.2, -0.15) is 0 Å². The summed E-state index contributed by atoms with van der Waals surface area (Å²) in [6, 6.07) is 0.283. The summed E-state index contributed by atoms with van der Waals surface area (Å²) >= 11 is 0. The van der Waals surface area contributed by atoms with Crippen molar-refractivity contribution in [2.45, 2.75) is 45.6 Å². The molecule has 3 heteroatoms. The van der Waals surface area contributed by atoms with Crippen LogP contribution in [0.15, 0.2) is 0 Å². The van der Waals surface area contributed by atoms with Gasteiger partial charge in [-0.1, -0.05) is 13.3 Å². The number of hydrogen-bond donors (Lipinski definition) is 1. The monoisotopic (exact) mass is 199 g/mol. The lowest BCUT2D eigenvalue weighted by molar-refractivity contribution is -0.151. The molecule has 3 atom stereocenters. The molecule has 14 heavy (non-hydrogen) atoms. The number of rotatable bonds is 3. The topological polar surface area (TPSA) is 52.3 Å². The minimum absolute atomic E-state index is 0.0220. The summed E-state index contributed by atoms with van der Waals surface area (Å²) in [7, 11) is 0. The normalized spacial score (nSPS) is 32.6. The maximum atomic E-state index is 11.6. The van der Waals surface area contributed by atoms with E-state index in [2.05, 4.69) is 6.92 Å². The number of nitrogens with two attached hydrogens (primary N) is 1. The molecule has 1 fully saturated rings. The van der Waals surface area contributed by atoms with Crippen LogP contribution in [0.1, 0.15) is 39.5 Å². The van der Waals surface area contributed by atoms with Crippen LogP contribution in [0.5, 0.6) is 0 Å². The Morgan fingerprint density at radius 1 is 1.43 bits per heavy atom. The van der Waals surface area contributed by atoms with E-state index in [0.29, 0.717) is 12.5 Å². The Kier molecular flexibility index (Phi) is 4.39. The van der Waals surface area contributed by atoms with E-state index in [9.17, 15) is 4.79 Å². The van der Waals surface area contributed by atoms with Crippen LogP contribution >= 0.6 is 0 Å². The van der Waals surface area contributed by atoms with Crippen LogP contribution in [-0.2, 0) is 9.53 Å². The fourth-order valence-corrected chi connectivity index (χ4v) is 2.31. The van der Waals surface area contributed by atoms with E-state index in [1.807, 2.05) is 6.92 Å². The average Bonchev–Trinajstić information content (AvgIpc) is 2.17. The van der Waals surface area contributed by atoms with Gasteiger partial charge in [-0.15, -0.1) is 0 Å². The van der Waals surface area contributed by atoms with Gasteiger partial charge in [0, 0.05) is 6.04 Å². The van der Waals surface area contributed by atoms with E-state index in [1.54, 1.807) is 0 Å². The first-order valence-electron chi connectivity index (χ1n) is 5.61. The molecular weight excluding hydrogens is 178 g/mol. The molecule has 0 unspecified atom stereocenters. The lowest BCUT2D eigenvalue weighted by Crippen LogP contribution is -2.37. The average molecular weight is 199 g/mol. The summed E-state index contributed by atoms with van der Waals surface area (Å²) in [6.07, 6.45) is 3.86. The van der Waals surface area contributed by atoms with Crippen LogP contribution in [0.4, 0.5) is 0 Å². The zero-order valence-corrected chi connectivity index (χ0v) is 9.16. The molecule has 2 N–H and O–H groups in total. The number of esters is 1. The zero-order valence-electron chi connectivity index (χ0n) is 9.16. The molecule has 1 aliphatic carbocycles. The molecule has 3 nitrogen and oxygen atoms in total. The van der Waals surface area contributed by atoms with Crippen molar-refractivity contribution in [3.8, 4) is 0 Å². The Hall–Kier alpha value is -0.570. The Bertz CT molecular complexity index is 194. The molecule has 0 aliphatic heterocycles. The van der Waals surface area contributed by atoms with E-state index < -0.39 is 0 Å². The lowest BCUT2D eigenvalue weighted by Gasteiger charge is -2.32. The minimum atomic E-state index is -0.0220. The first kappa shape index (κ1) is 11.5. The van der Waals surface area contributed by atoms with E-state index in [-0.39, 0.29) is 17.9 Å². The number of carbonyl (C=O) groups is 1. The fourth-order valence-electron chi connectivity index (χ4n) is 2.31. The van der Waals surface area contributed by atoms with Gasteiger partial charge in [0.25, 0.3) is 0 Å². The highest BCUT2D eigenvalue weighted by Crippen LogP contribution is 2.32. The molecule has 1 rings (SSSR count). The van der Waals surface area contributed by atoms with E-state index in [4.69, 9.17) is 10.5 Å². The molecule has 0 radical (unpaired) electrons. The van der Waals surface area contributed by atoms with Crippen molar-refractivity contribution in [2.24, 2.45) is 17.6 Å². The van der Waals surface area contributed by atoms with Crippen molar-refractivity contribution in [2.75, 3.05) is 6.61 Å². The Balaban J connectivity index is 2.53. The fraction of sp³-hybridized carbons (Fsp3) is 0.909. The Morgan fingerprint density at radius 3 is 2.71 bits per heavy atom. The molecule has 0 bridgehead atoms. The second-order valence-corrected chi connectivity index (χ2v) is 4.10. The molecule has 1 saturated carbocycles. The second kappa shape index (κ2) is 5.35. The summed E-state index contributed by atoms with van der Waals surface area (Å²) in [5.41, 5.74) is 5.88. The summed E-state index contributed by atoms with van der Waals surface area (Å²) < 4.78 is 5.07. The van der Waals surface area contributed by atoms with Gasteiger partial charge in [0.1, 0.15) is 0 Å². The SMILES string of the molecule is CCOC(=O)[C@@H]1CC[C@H](N)C[C@@H]1CC. The van der Waals surface area contributed by atoms with Crippen molar-refractivity contribution < 1.29 is 9.53 Å². The van der Waals surface area contributed by atoms with Crippen LogP contribution in [-0.4, -0.2) is 18.6 Å². The van der Waals surface area contributed by atoms with Crippen molar-refractivity contribution in [3.05, 3.63) is 0 Å². The van der Waals surface area contributed by atoms with Crippen molar-refractivity contribution in [1.82, 2.24) is 0 Å². The van der Waals surface area contributed by atoms with Gasteiger partial charge >= 0.3 is 5.97 Å². The van der Waals surface area contributed by atoms with Gasteiger partial charge in [0.2, 0.25) is 0 Å². The minimum Gasteiger partial charge on any atom is -0.466 e. The van der Waals surface area contributed by atoms with Gasteiger partial charge in [-0.05, 0) is 32.1 Å². The van der Waals surface area contributed by atoms with E-state index in [0.717, 1.165) is 25.7 Å². The quantitative estimate of drug-likeness (QED) is 0.704. The molecule has 0 saturated heterocycles. The van der Waals surface area contributed by atoms with Crippen molar-refractivity contribution >= 4 is 5.97 Å². The van der Waals surface area contributed by atoms with Gasteiger partial charge < -0.3 is 10.5 Å².